The Morgan fingerprint density at radius 2 is 1.92 bits per heavy atom. The van der Waals surface area contributed by atoms with Crippen molar-refractivity contribution in [2.75, 3.05) is 14.2 Å². The fourth-order valence-corrected chi connectivity index (χ4v) is 2.79. The van der Waals surface area contributed by atoms with E-state index in [1.165, 1.54) is 21.5 Å². The monoisotopic (exact) mass is 362 g/mol. The molecular weight excluding hydrogens is 348 g/mol. The maximum Gasteiger partial charge on any atom is 0.347 e. The van der Waals surface area contributed by atoms with E-state index in [1.807, 2.05) is 0 Å². The van der Waals surface area contributed by atoms with Crippen LogP contribution in [0.2, 0.25) is 5.02 Å². The first-order valence-electron chi connectivity index (χ1n) is 7.31. The van der Waals surface area contributed by atoms with Gasteiger partial charge < -0.3 is 14.6 Å². The first-order chi connectivity index (χ1) is 12.0. The van der Waals surface area contributed by atoms with Crippen LogP contribution in [0.25, 0.3) is 5.52 Å². The molecule has 7 nitrogen and oxygen atoms in total. The van der Waals surface area contributed by atoms with E-state index in [0.29, 0.717) is 10.8 Å². The third-order valence-electron chi connectivity index (χ3n) is 3.84. The van der Waals surface area contributed by atoms with Gasteiger partial charge in [0.05, 0.1) is 25.8 Å². The Balaban J connectivity index is 2.21. The largest absolute Gasteiger partial charge is 0.505 e. The van der Waals surface area contributed by atoms with Crippen molar-refractivity contribution in [3.8, 4) is 11.5 Å². The van der Waals surface area contributed by atoms with Crippen LogP contribution in [-0.2, 0) is 11.3 Å². The van der Waals surface area contributed by atoms with Gasteiger partial charge in [0.25, 0.3) is 5.56 Å². The molecule has 1 aromatic carbocycles. The van der Waals surface area contributed by atoms with E-state index in [0.717, 1.165) is 12.7 Å². The second kappa shape index (κ2) is 6.52. The number of aromatic nitrogens is 2. The van der Waals surface area contributed by atoms with Crippen LogP contribution in [0.15, 0.2) is 41.3 Å². The normalized spacial score (nSPS) is 10.8. The smallest absolute Gasteiger partial charge is 0.347 e. The highest BCUT2D eigenvalue weighted by atomic mass is 35.5. The number of benzene rings is 1. The number of methoxy groups -OCH3 is 2. The summed E-state index contributed by atoms with van der Waals surface area (Å²) in [6.07, 6.45) is 1.49. The molecule has 2 heterocycles. The molecule has 0 fully saturated rings. The second-order valence-corrected chi connectivity index (χ2v) is 5.75. The lowest BCUT2D eigenvalue weighted by Gasteiger charge is -2.14. The lowest BCUT2D eigenvalue weighted by atomic mass is 10.2. The molecule has 3 aromatic rings. The quantitative estimate of drug-likeness (QED) is 0.720. The molecule has 0 amide bonds. The third-order valence-corrected chi connectivity index (χ3v) is 4.04. The van der Waals surface area contributed by atoms with Crippen LogP contribution in [0.1, 0.15) is 15.9 Å². The number of ether oxygens (including phenoxy) is 2. The SMILES string of the molecule is COC(=O)c1c(O)c2cc(Cl)cn2n(Cc2ccc(OC)cc2)c1=O. The van der Waals surface area contributed by atoms with Crippen molar-refractivity contribution >= 4 is 23.1 Å². The number of hydrogen-bond acceptors (Lipinski definition) is 5. The maximum absolute atomic E-state index is 12.8. The molecule has 0 radical (unpaired) electrons. The van der Waals surface area contributed by atoms with Crippen molar-refractivity contribution in [1.29, 1.82) is 0 Å². The van der Waals surface area contributed by atoms with Gasteiger partial charge in [0, 0.05) is 6.20 Å². The lowest BCUT2D eigenvalue weighted by molar-refractivity contribution is 0.0594. The Morgan fingerprint density at radius 3 is 2.52 bits per heavy atom. The average Bonchev–Trinajstić information content (AvgIpc) is 3.01. The first-order valence-corrected chi connectivity index (χ1v) is 7.69. The van der Waals surface area contributed by atoms with Crippen molar-refractivity contribution in [2.45, 2.75) is 6.54 Å². The molecule has 0 atom stereocenters. The van der Waals surface area contributed by atoms with Gasteiger partial charge in [0.1, 0.15) is 11.3 Å². The molecule has 0 aliphatic carbocycles. The van der Waals surface area contributed by atoms with Crippen molar-refractivity contribution in [2.24, 2.45) is 0 Å². The summed E-state index contributed by atoms with van der Waals surface area (Å²) in [5.74, 6) is -0.688. The van der Waals surface area contributed by atoms with Gasteiger partial charge >= 0.3 is 5.97 Å². The van der Waals surface area contributed by atoms with E-state index in [9.17, 15) is 14.7 Å². The van der Waals surface area contributed by atoms with E-state index in [1.54, 1.807) is 31.4 Å². The molecule has 0 aliphatic rings. The van der Waals surface area contributed by atoms with E-state index < -0.39 is 22.8 Å². The van der Waals surface area contributed by atoms with Gasteiger partial charge in [-0.05, 0) is 23.8 Å². The molecule has 0 aliphatic heterocycles. The molecule has 1 N–H and O–H groups in total. The van der Waals surface area contributed by atoms with E-state index >= 15 is 0 Å². The summed E-state index contributed by atoms with van der Waals surface area (Å²) in [7, 11) is 2.71. The fourth-order valence-electron chi connectivity index (χ4n) is 2.59. The number of esters is 1. The number of fused-ring (bicyclic) bond motifs is 1. The zero-order valence-corrected chi connectivity index (χ0v) is 14.3. The van der Waals surface area contributed by atoms with Crippen LogP contribution in [0.5, 0.6) is 11.5 Å². The molecule has 130 valence electrons. The van der Waals surface area contributed by atoms with Gasteiger partial charge in [-0.2, -0.15) is 0 Å². The minimum atomic E-state index is -0.911. The van der Waals surface area contributed by atoms with Crippen LogP contribution in [0.4, 0.5) is 0 Å². The highest BCUT2D eigenvalue weighted by Gasteiger charge is 2.23. The van der Waals surface area contributed by atoms with Gasteiger partial charge in [0.15, 0.2) is 11.3 Å². The molecule has 0 saturated carbocycles. The molecule has 0 saturated heterocycles. The Morgan fingerprint density at radius 1 is 1.24 bits per heavy atom. The fraction of sp³-hybridized carbons (Fsp3) is 0.176. The van der Waals surface area contributed by atoms with Gasteiger partial charge in [-0.1, -0.05) is 23.7 Å². The zero-order chi connectivity index (χ0) is 18.1. The van der Waals surface area contributed by atoms with Gasteiger partial charge in [-0.25, -0.2) is 9.48 Å². The predicted molar refractivity (Wildman–Crippen MR) is 91.8 cm³/mol. The minimum absolute atomic E-state index is 0.161. The summed E-state index contributed by atoms with van der Waals surface area (Å²) < 4.78 is 12.4. The predicted octanol–water partition coefficient (Wildman–Crippen LogP) is 2.30. The molecule has 8 heteroatoms. The minimum Gasteiger partial charge on any atom is -0.505 e. The van der Waals surface area contributed by atoms with Crippen molar-refractivity contribution in [1.82, 2.24) is 9.20 Å². The van der Waals surface area contributed by atoms with Crippen molar-refractivity contribution in [3.05, 3.63) is 63.0 Å². The van der Waals surface area contributed by atoms with E-state index in [2.05, 4.69) is 4.74 Å². The van der Waals surface area contributed by atoms with E-state index in [4.69, 9.17) is 16.3 Å². The summed E-state index contributed by atoms with van der Waals surface area (Å²) in [5.41, 5.74) is -0.0766. The molecule has 0 bridgehead atoms. The molecule has 3 rings (SSSR count). The Labute approximate surface area is 147 Å². The van der Waals surface area contributed by atoms with E-state index in [-0.39, 0.29) is 12.1 Å². The summed E-state index contributed by atoms with van der Waals surface area (Å²) in [6, 6.07) is 8.59. The molecule has 0 unspecified atom stereocenters. The van der Waals surface area contributed by atoms with Crippen LogP contribution < -0.4 is 10.3 Å². The molecule has 2 aromatic heterocycles. The number of carbonyl (C=O) groups is 1. The Hall–Kier alpha value is -2.93. The van der Waals surface area contributed by atoms with Gasteiger partial charge in [-0.3, -0.25) is 9.31 Å². The summed E-state index contributed by atoms with van der Waals surface area (Å²) in [5, 5.41) is 10.6. The number of rotatable bonds is 4. The van der Waals surface area contributed by atoms with Gasteiger partial charge in [0.2, 0.25) is 0 Å². The summed E-state index contributed by atoms with van der Waals surface area (Å²) in [6.45, 7) is 0.161. The number of nitrogens with zero attached hydrogens (tertiary/aromatic N) is 2. The number of halogens is 1. The zero-order valence-electron chi connectivity index (χ0n) is 13.5. The standard InChI is InChI=1S/C17H15ClN2O5/c1-24-12-5-3-10(4-6-12)8-20-16(22)14(17(23)25-2)15(21)13-7-11(18)9-19(13)20/h3-7,9,21H,8H2,1-2H3. The van der Waals surface area contributed by atoms with Crippen LogP contribution in [0.3, 0.4) is 0 Å². The number of carbonyl (C=O) groups excluding carboxylic acids is 1. The third kappa shape index (κ3) is 2.94. The Bertz CT molecular complexity index is 1000. The van der Waals surface area contributed by atoms with Crippen LogP contribution >= 0.6 is 11.6 Å². The first kappa shape index (κ1) is 16.9. The molecular formula is C17H15ClN2O5. The highest BCUT2D eigenvalue weighted by molar-refractivity contribution is 6.31. The highest BCUT2D eigenvalue weighted by Crippen LogP contribution is 2.26. The topological polar surface area (TPSA) is 82.2 Å². The summed E-state index contributed by atoms with van der Waals surface area (Å²) in [4.78, 5) is 24.7. The molecule has 25 heavy (non-hydrogen) atoms. The lowest BCUT2D eigenvalue weighted by Crippen LogP contribution is -2.31. The second-order valence-electron chi connectivity index (χ2n) is 5.31. The van der Waals surface area contributed by atoms with Crippen molar-refractivity contribution < 1.29 is 19.4 Å². The van der Waals surface area contributed by atoms with Gasteiger partial charge in [-0.15, -0.1) is 0 Å². The average molecular weight is 363 g/mol. The van der Waals surface area contributed by atoms with Crippen LogP contribution in [0, 0.1) is 0 Å². The Kier molecular flexibility index (Phi) is 4.41. The molecule has 0 spiro atoms. The van der Waals surface area contributed by atoms with Crippen molar-refractivity contribution in [3.63, 3.8) is 0 Å². The summed E-state index contributed by atoms with van der Waals surface area (Å²) >= 11 is 6.01. The number of aromatic hydroxyl groups is 1. The van der Waals surface area contributed by atoms with Crippen LogP contribution in [-0.4, -0.2) is 34.5 Å². The maximum atomic E-state index is 12.8. The number of hydrogen-bond donors (Lipinski definition) is 1.